The molecule has 3 aromatic rings. The third-order valence-corrected chi connectivity index (χ3v) is 6.14. The Kier molecular flexibility index (Phi) is 20.1. The first-order valence-electron chi connectivity index (χ1n) is 14.4. The Morgan fingerprint density at radius 1 is 0.641 bits per heavy atom. The molecular formula is C35H47ClO3. The van der Waals surface area contributed by atoms with Crippen LogP contribution in [0.25, 0.3) is 0 Å². The number of hydrogen-bond donors (Lipinski definition) is 0. The van der Waals surface area contributed by atoms with Crippen molar-refractivity contribution in [3.05, 3.63) is 106 Å². The fourth-order valence-corrected chi connectivity index (χ4v) is 4.18. The van der Waals surface area contributed by atoms with Crippen molar-refractivity contribution < 1.29 is 14.4 Å². The molecule has 2 aliphatic rings. The summed E-state index contributed by atoms with van der Waals surface area (Å²) in [6.07, 6.45) is 5.54. The van der Waals surface area contributed by atoms with Gasteiger partial charge in [0.1, 0.15) is 0 Å². The van der Waals surface area contributed by atoms with Crippen molar-refractivity contribution >= 4 is 29.0 Å². The fourth-order valence-electron chi connectivity index (χ4n) is 4.02. The molecule has 4 heteroatoms. The largest absolute Gasteiger partial charge is 0.295 e. The number of aryl methyl sites for hydroxylation is 2. The van der Waals surface area contributed by atoms with Crippen LogP contribution in [0.2, 0.25) is 0 Å². The van der Waals surface area contributed by atoms with Gasteiger partial charge in [0, 0.05) is 35.4 Å². The Morgan fingerprint density at radius 2 is 1.13 bits per heavy atom. The maximum absolute atomic E-state index is 11.5. The Hall–Kier alpha value is -3.04. The van der Waals surface area contributed by atoms with Crippen molar-refractivity contribution in [1.82, 2.24) is 0 Å². The Balaban J connectivity index is 0.000000512. The van der Waals surface area contributed by atoms with E-state index in [0.717, 1.165) is 54.4 Å². The molecule has 0 saturated carbocycles. The van der Waals surface area contributed by atoms with Crippen LogP contribution in [0.5, 0.6) is 0 Å². The van der Waals surface area contributed by atoms with Gasteiger partial charge in [-0.1, -0.05) is 108 Å². The molecule has 3 aromatic carbocycles. The summed E-state index contributed by atoms with van der Waals surface area (Å²) in [5.41, 5.74) is 6.06. The van der Waals surface area contributed by atoms with Gasteiger partial charge in [-0.25, -0.2) is 0 Å². The van der Waals surface area contributed by atoms with Crippen LogP contribution in [0.3, 0.4) is 0 Å². The summed E-state index contributed by atoms with van der Waals surface area (Å²) >= 11 is 5.71. The molecule has 0 bridgehead atoms. The second-order valence-corrected chi connectivity index (χ2v) is 8.53. The standard InChI is InChI=1S/C11H11ClO.C10H10O.C8H8O.3C2H6/c12-7-8-4-5-9-2-1-3-11(13)10(9)6-8;11-10-7-3-5-8-4-1-2-6-9(8)10;1-7(9)8-5-3-2-4-6-8;3*1-2/h4-6H,1-3,7H2;1-2,4,6H,3,5,7H2;2-6H,1H3;3*1-2H3. The maximum Gasteiger partial charge on any atom is 0.163 e. The van der Waals surface area contributed by atoms with Crippen molar-refractivity contribution in [2.24, 2.45) is 0 Å². The lowest BCUT2D eigenvalue weighted by molar-refractivity contribution is 0.0964. The molecule has 0 aliphatic heterocycles. The van der Waals surface area contributed by atoms with Crippen LogP contribution in [-0.2, 0) is 18.7 Å². The third kappa shape index (κ3) is 12.6. The first-order valence-corrected chi connectivity index (χ1v) is 14.9. The van der Waals surface area contributed by atoms with E-state index in [1.54, 1.807) is 6.92 Å². The van der Waals surface area contributed by atoms with Crippen molar-refractivity contribution in [2.75, 3.05) is 0 Å². The fraction of sp³-hybridized carbons (Fsp3) is 0.400. The van der Waals surface area contributed by atoms with Crippen molar-refractivity contribution in [3.63, 3.8) is 0 Å². The summed E-state index contributed by atoms with van der Waals surface area (Å²) in [6.45, 7) is 13.6. The number of hydrogen-bond acceptors (Lipinski definition) is 3. The zero-order valence-corrected chi connectivity index (χ0v) is 25.7. The lowest BCUT2D eigenvalue weighted by atomic mass is 9.90. The Bertz CT molecular complexity index is 1120. The second kappa shape index (κ2) is 21.8. The molecule has 0 N–H and O–H groups in total. The predicted octanol–water partition coefficient (Wildman–Crippen LogP) is 10.1. The average Bonchev–Trinajstić information content (AvgIpc) is 3.02. The molecule has 0 fully saturated rings. The minimum atomic E-state index is 0.121. The van der Waals surface area contributed by atoms with Crippen LogP contribution in [0.15, 0.2) is 72.8 Å². The zero-order valence-electron chi connectivity index (χ0n) is 25.0. The molecule has 212 valence electrons. The van der Waals surface area contributed by atoms with E-state index in [9.17, 15) is 14.4 Å². The van der Waals surface area contributed by atoms with E-state index in [4.69, 9.17) is 11.6 Å². The number of carbonyl (C=O) groups excluding carboxylic acids is 3. The lowest BCUT2D eigenvalue weighted by Gasteiger charge is -2.14. The molecule has 5 rings (SSSR count). The predicted molar refractivity (Wildman–Crippen MR) is 167 cm³/mol. The zero-order chi connectivity index (χ0) is 29.6. The number of ketones is 3. The highest BCUT2D eigenvalue weighted by atomic mass is 35.5. The number of rotatable bonds is 2. The van der Waals surface area contributed by atoms with Crippen LogP contribution >= 0.6 is 11.6 Å². The van der Waals surface area contributed by atoms with E-state index >= 15 is 0 Å². The van der Waals surface area contributed by atoms with Crippen LogP contribution in [0.1, 0.15) is 122 Å². The first-order chi connectivity index (χ1) is 19.0. The smallest absolute Gasteiger partial charge is 0.163 e. The van der Waals surface area contributed by atoms with Gasteiger partial charge >= 0.3 is 0 Å². The lowest BCUT2D eigenvalue weighted by Crippen LogP contribution is -2.10. The summed E-state index contributed by atoms with van der Waals surface area (Å²) in [5, 5.41) is 0. The van der Waals surface area contributed by atoms with E-state index < -0.39 is 0 Å². The third-order valence-electron chi connectivity index (χ3n) is 5.83. The summed E-state index contributed by atoms with van der Waals surface area (Å²) in [7, 11) is 0. The summed E-state index contributed by atoms with van der Waals surface area (Å²) in [6, 6.07) is 23.1. The molecule has 0 aromatic heterocycles. The maximum atomic E-state index is 11.5. The molecule has 3 nitrogen and oxygen atoms in total. The van der Waals surface area contributed by atoms with E-state index in [-0.39, 0.29) is 11.6 Å². The monoisotopic (exact) mass is 550 g/mol. The molecule has 0 radical (unpaired) electrons. The minimum absolute atomic E-state index is 0.121. The molecule has 39 heavy (non-hydrogen) atoms. The van der Waals surface area contributed by atoms with Crippen molar-refractivity contribution in [1.29, 1.82) is 0 Å². The minimum Gasteiger partial charge on any atom is -0.295 e. The van der Waals surface area contributed by atoms with Crippen LogP contribution in [0, 0.1) is 0 Å². The highest BCUT2D eigenvalue weighted by molar-refractivity contribution is 6.17. The number of alkyl halides is 1. The van der Waals surface area contributed by atoms with Crippen molar-refractivity contribution in [2.45, 2.75) is 92.9 Å². The highest BCUT2D eigenvalue weighted by Crippen LogP contribution is 2.23. The Morgan fingerprint density at radius 3 is 1.62 bits per heavy atom. The topological polar surface area (TPSA) is 51.2 Å². The van der Waals surface area contributed by atoms with Gasteiger partial charge < -0.3 is 0 Å². The Labute approximate surface area is 242 Å². The van der Waals surface area contributed by atoms with Gasteiger partial charge in [0.05, 0.1) is 0 Å². The molecule has 2 aliphatic carbocycles. The molecule has 0 atom stereocenters. The molecule has 0 heterocycles. The number of benzene rings is 3. The second-order valence-electron chi connectivity index (χ2n) is 8.26. The normalized spacial score (nSPS) is 12.3. The SMILES string of the molecule is CC.CC.CC.CC(=O)c1ccccc1.O=C1CCCc2ccc(CCl)cc21.O=C1CCCc2ccccc21. The molecular weight excluding hydrogens is 504 g/mol. The first kappa shape index (κ1) is 36.0. The van der Waals surface area contributed by atoms with Crippen LogP contribution in [-0.4, -0.2) is 17.3 Å². The number of fused-ring (bicyclic) bond motifs is 2. The summed E-state index contributed by atoms with van der Waals surface area (Å²) in [4.78, 5) is 33.4. The van der Waals surface area contributed by atoms with Gasteiger partial charge in [0.15, 0.2) is 17.3 Å². The van der Waals surface area contributed by atoms with Gasteiger partial charge in [-0.15, -0.1) is 11.6 Å². The van der Waals surface area contributed by atoms with Gasteiger partial charge in [0.25, 0.3) is 0 Å². The van der Waals surface area contributed by atoms with Gasteiger partial charge in [-0.3, -0.25) is 14.4 Å². The van der Waals surface area contributed by atoms with E-state index in [1.165, 1.54) is 11.1 Å². The number of Topliss-reactive ketones (excluding diaryl/α,β-unsaturated/α-hetero) is 3. The quantitative estimate of drug-likeness (QED) is 0.235. The summed E-state index contributed by atoms with van der Waals surface area (Å²) in [5.74, 6) is 1.19. The molecule has 0 spiro atoms. The number of carbonyl (C=O) groups is 3. The van der Waals surface area contributed by atoms with Gasteiger partial charge in [0.2, 0.25) is 0 Å². The molecule has 0 amide bonds. The van der Waals surface area contributed by atoms with Crippen LogP contribution < -0.4 is 0 Å². The van der Waals surface area contributed by atoms with E-state index in [1.807, 2.05) is 114 Å². The number of halogens is 1. The van der Waals surface area contributed by atoms with Gasteiger partial charge in [-0.2, -0.15) is 0 Å². The van der Waals surface area contributed by atoms with E-state index in [2.05, 4.69) is 0 Å². The molecule has 0 unspecified atom stereocenters. The summed E-state index contributed by atoms with van der Waals surface area (Å²) < 4.78 is 0. The van der Waals surface area contributed by atoms with Crippen molar-refractivity contribution in [3.8, 4) is 0 Å². The van der Waals surface area contributed by atoms with Gasteiger partial charge in [-0.05, 0) is 55.4 Å². The van der Waals surface area contributed by atoms with Crippen LogP contribution in [0.4, 0.5) is 0 Å². The van der Waals surface area contributed by atoms with E-state index in [0.29, 0.717) is 18.1 Å². The average molecular weight is 551 g/mol. The highest BCUT2D eigenvalue weighted by Gasteiger charge is 2.17. The molecule has 0 saturated heterocycles.